The molecule has 6 aromatic rings. The Labute approximate surface area is 310 Å². The van der Waals surface area contributed by atoms with Crippen molar-refractivity contribution in [2.24, 2.45) is 17.8 Å². The van der Waals surface area contributed by atoms with E-state index in [4.69, 9.17) is 19.6 Å². The minimum Gasteiger partial charge on any atom is -0.509 e. The number of ether oxygens (including phenoxy) is 2. The fraction of sp³-hybridized carbons (Fsp3) is 0.349. The molecule has 260 valence electrons. The molecule has 3 aromatic carbocycles. The van der Waals surface area contributed by atoms with Crippen LogP contribution in [0.4, 0.5) is 0 Å². The molecule has 3 heterocycles. The zero-order chi connectivity index (χ0) is 34.6. The van der Waals surface area contributed by atoms with Gasteiger partial charge in [0.1, 0.15) is 11.6 Å². The van der Waals surface area contributed by atoms with E-state index in [0.717, 1.165) is 57.6 Å². The fourth-order valence-corrected chi connectivity index (χ4v) is 8.10. The normalized spacial score (nSPS) is 19.2. The van der Waals surface area contributed by atoms with E-state index >= 15 is 0 Å². The van der Waals surface area contributed by atoms with Gasteiger partial charge in [0.05, 0.1) is 12.8 Å². The second-order valence-electron chi connectivity index (χ2n) is 13.9. The van der Waals surface area contributed by atoms with Gasteiger partial charge in [-0.25, -0.2) is 4.98 Å². The quantitative estimate of drug-likeness (QED) is 0.113. The molecule has 7 rings (SSSR count). The number of rotatable bonds is 8. The molecule has 0 N–H and O–H groups in total. The van der Waals surface area contributed by atoms with Gasteiger partial charge in [-0.1, -0.05) is 75.4 Å². The van der Waals surface area contributed by atoms with E-state index in [1.165, 1.54) is 28.0 Å². The first kappa shape index (κ1) is 35.7. The van der Waals surface area contributed by atoms with Crippen LogP contribution in [0.1, 0.15) is 76.4 Å². The first-order valence-electron chi connectivity index (χ1n) is 17.5. The van der Waals surface area contributed by atoms with Gasteiger partial charge in [-0.05, 0) is 68.7 Å². The second kappa shape index (κ2) is 14.2. The van der Waals surface area contributed by atoms with Crippen molar-refractivity contribution in [1.82, 2.24) is 19.3 Å². The van der Waals surface area contributed by atoms with Gasteiger partial charge in [-0.3, -0.25) is 4.68 Å². The maximum atomic E-state index is 6.62. The number of aryl methyl sites for hydroxylation is 2. The Morgan fingerprint density at radius 1 is 0.840 bits per heavy atom. The number of fused-ring (bicyclic) bond motifs is 3. The molecular formula is C43H46N4O2Pt. The number of pyridine rings is 1. The average molecular weight is 846 g/mol. The molecule has 1 unspecified atom stereocenters. The van der Waals surface area contributed by atoms with Gasteiger partial charge in [-0.15, -0.1) is 35.7 Å². The van der Waals surface area contributed by atoms with E-state index in [0.29, 0.717) is 35.2 Å². The van der Waals surface area contributed by atoms with Gasteiger partial charge < -0.3 is 14.0 Å². The van der Waals surface area contributed by atoms with Crippen LogP contribution in [0.2, 0.25) is 0 Å². The molecule has 3 aromatic heterocycles. The number of aromatic nitrogens is 4. The van der Waals surface area contributed by atoms with E-state index in [9.17, 15) is 0 Å². The molecule has 0 amide bonds. The molecule has 0 fully saturated rings. The number of methoxy groups -OCH3 is 1. The van der Waals surface area contributed by atoms with Crippen LogP contribution in [-0.4, -0.2) is 26.4 Å². The number of benzene rings is 3. The van der Waals surface area contributed by atoms with Crippen molar-refractivity contribution in [3.05, 3.63) is 113 Å². The van der Waals surface area contributed by atoms with Crippen LogP contribution in [0.25, 0.3) is 33.3 Å². The first-order chi connectivity index (χ1) is 23.6. The summed E-state index contributed by atoms with van der Waals surface area (Å²) < 4.78 is 16.3. The number of para-hydroxylation sites is 1. The summed E-state index contributed by atoms with van der Waals surface area (Å²) >= 11 is 0. The third-order valence-electron chi connectivity index (χ3n) is 11.2. The molecule has 1 aliphatic carbocycles. The second-order valence-corrected chi connectivity index (χ2v) is 13.9. The van der Waals surface area contributed by atoms with Gasteiger partial charge in [0.2, 0.25) is 0 Å². The van der Waals surface area contributed by atoms with Gasteiger partial charge in [0.15, 0.2) is 0 Å². The molecule has 1 aliphatic rings. The van der Waals surface area contributed by atoms with E-state index in [1.807, 2.05) is 24.3 Å². The van der Waals surface area contributed by atoms with E-state index in [2.05, 4.69) is 113 Å². The minimum absolute atomic E-state index is 0. The van der Waals surface area contributed by atoms with Crippen LogP contribution in [0.5, 0.6) is 17.2 Å². The fourth-order valence-electron chi connectivity index (χ4n) is 8.10. The number of hydrogen-bond acceptors (Lipinski definition) is 4. The summed E-state index contributed by atoms with van der Waals surface area (Å²) in [6, 6.07) is 27.7. The van der Waals surface area contributed by atoms with Gasteiger partial charge in [0, 0.05) is 46.5 Å². The van der Waals surface area contributed by atoms with E-state index in [1.54, 1.807) is 13.3 Å². The monoisotopic (exact) mass is 845 g/mol. The average Bonchev–Trinajstić information content (AvgIpc) is 3.59. The van der Waals surface area contributed by atoms with E-state index in [-0.39, 0.29) is 21.1 Å². The summed E-state index contributed by atoms with van der Waals surface area (Å²) in [6.45, 7) is 18.4. The largest absolute Gasteiger partial charge is 2.00 e. The van der Waals surface area contributed by atoms with Crippen molar-refractivity contribution in [2.45, 2.75) is 74.1 Å². The summed E-state index contributed by atoms with van der Waals surface area (Å²) in [5.41, 5.74) is 10.6. The van der Waals surface area contributed by atoms with Crippen LogP contribution in [0, 0.1) is 43.7 Å². The zero-order valence-electron chi connectivity index (χ0n) is 30.5. The number of nitrogens with zero attached hydrogens (tertiary/aromatic N) is 4. The Morgan fingerprint density at radius 3 is 2.38 bits per heavy atom. The Hall–Kier alpha value is -4.15. The molecule has 6 nitrogen and oxygen atoms in total. The SMILES string of the molecule is CCCc1cc(Oc2[c-]c3c(cc2)c2ccccc2n3-c2cc(OC)ccn2)[c-]c(-n2nc(C)c(C3C(C)=C(C)[C@H](C)[C@H](C)[C@@H]3C)c2C)c1.[Pt+2]. The Morgan fingerprint density at radius 2 is 1.62 bits per heavy atom. The molecule has 7 heteroatoms. The van der Waals surface area contributed by atoms with Crippen LogP contribution < -0.4 is 9.47 Å². The van der Waals surface area contributed by atoms with E-state index < -0.39 is 0 Å². The van der Waals surface area contributed by atoms with Crippen LogP contribution in [-0.2, 0) is 27.5 Å². The van der Waals surface area contributed by atoms with Crippen molar-refractivity contribution in [1.29, 1.82) is 0 Å². The van der Waals surface area contributed by atoms with Crippen LogP contribution in [0.3, 0.4) is 0 Å². The molecule has 0 saturated heterocycles. The smallest absolute Gasteiger partial charge is 0.509 e. The zero-order valence-corrected chi connectivity index (χ0v) is 32.8. The number of hydrogen-bond donors (Lipinski definition) is 0. The topological polar surface area (TPSA) is 54.1 Å². The maximum Gasteiger partial charge on any atom is 2.00 e. The Balaban J connectivity index is 0.00000432. The summed E-state index contributed by atoms with van der Waals surface area (Å²) in [6.07, 6.45) is 3.72. The standard InChI is InChI=1S/C43H46N4O2.Pt/c1-10-13-32-20-33(47-31(8)43(30(7)45-47)42-28(5)26(3)25(2)27(4)29(42)6)22-36(21-32)49-35-16-17-38-37-14-11-12-15-39(37)46(40(38)23-35)41-24-34(48-9)18-19-44-41;/h11-12,14-21,24-26,28,42H,10,13H2,1-9H3;/q-2;+2/t25-,26+,28+,42?;/m1./s1. The van der Waals surface area contributed by atoms with Crippen molar-refractivity contribution in [3.8, 4) is 28.8 Å². The molecule has 0 spiro atoms. The third-order valence-corrected chi connectivity index (χ3v) is 11.2. The molecule has 4 atom stereocenters. The summed E-state index contributed by atoms with van der Waals surface area (Å²) in [7, 11) is 1.67. The van der Waals surface area contributed by atoms with Gasteiger partial charge >= 0.3 is 21.1 Å². The van der Waals surface area contributed by atoms with Crippen molar-refractivity contribution in [2.75, 3.05) is 7.11 Å². The predicted molar refractivity (Wildman–Crippen MR) is 199 cm³/mol. The van der Waals surface area contributed by atoms with Gasteiger partial charge in [-0.2, -0.15) is 16.7 Å². The predicted octanol–water partition coefficient (Wildman–Crippen LogP) is 10.7. The molecule has 0 bridgehead atoms. The summed E-state index contributed by atoms with van der Waals surface area (Å²) in [5, 5.41) is 7.35. The minimum atomic E-state index is 0. The molecular weight excluding hydrogens is 800 g/mol. The Kier molecular flexibility index (Phi) is 10.1. The molecule has 0 radical (unpaired) electrons. The molecule has 50 heavy (non-hydrogen) atoms. The molecule has 0 saturated carbocycles. The van der Waals surface area contributed by atoms with Crippen LogP contribution >= 0.6 is 0 Å². The van der Waals surface area contributed by atoms with Crippen molar-refractivity contribution >= 4 is 21.8 Å². The summed E-state index contributed by atoms with van der Waals surface area (Å²) in [4.78, 5) is 4.70. The molecule has 0 aliphatic heterocycles. The van der Waals surface area contributed by atoms with Crippen molar-refractivity contribution < 1.29 is 30.5 Å². The van der Waals surface area contributed by atoms with Crippen LogP contribution in [0.15, 0.2) is 78.0 Å². The first-order valence-corrected chi connectivity index (χ1v) is 17.5. The Bertz CT molecular complexity index is 2230. The third kappa shape index (κ3) is 6.10. The summed E-state index contributed by atoms with van der Waals surface area (Å²) in [5.74, 6) is 4.82. The number of allylic oxidation sites excluding steroid dienone is 2. The van der Waals surface area contributed by atoms with Gasteiger partial charge in [0.25, 0.3) is 0 Å². The van der Waals surface area contributed by atoms with Crippen molar-refractivity contribution in [3.63, 3.8) is 0 Å². The maximum absolute atomic E-state index is 6.62.